The fraction of sp³-hybridized carbons (Fsp3) is 0.357. The van der Waals surface area contributed by atoms with Gasteiger partial charge in [-0.05, 0) is 12.0 Å². The van der Waals surface area contributed by atoms with Crippen LogP contribution >= 0.6 is 0 Å². The van der Waals surface area contributed by atoms with Gasteiger partial charge in [0.25, 0.3) is 0 Å². The molecule has 1 rings (SSSR count). The lowest BCUT2D eigenvalue weighted by molar-refractivity contribution is -0.123. The minimum Gasteiger partial charge on any atom is -0.359 e. The smallest absolute Gasteiger partial charge is 0.237 e. The third-order valence-corrected chi connectivity index (χ3v) is 2.69. The van der Waals surface area contributed by atoms with E-state index in [1.54, 1.807) is 0 Å². The molecule has 19 heavy (non-hydrogen) atoms. The number of carbonyl (C=O) groups excluding carboxylic acids is 2. The molecule has 0 bridgehead atoms. The zero-order chi connectivity index (χ0) is 14.1. The van der Waals surface area contributed by atoms with Crippen molar-refractivity contribution in [3.05, 3.63) is 35.9 Å². The van der Waals surface area contributed by atoms with Crippen LogP contribution in [0, 0.1) is 17.2 Å². The van der Waals surface area contributed by atoms with Gasteiger partial charge < -0.3 is 10.6 Å². The van der Waals surface area contributed by atoms with Gasteiger partial charge in [-0.15, -0.1) is 0 Å². The summed E-state index contributed by atoms with van der Waals surface area (Å²) in [6.07, 6.45) is 0.592. The Balaban J connectivity index is 2.45. The summed E-state index contributed by atoms with van der Waals surface area (Å²) in [5.41, 5.74) is 0.940. The molecule has 1 atom stereocenters. The Labute approximate surface area is 112 Å². The molecule has 0 aromatic heterocycles. The van der Waals surface area contributed by atoms with Crippen LogP contribution in [0.2, 0.25) is 0 Å². The molecule has 1 aromatic carbocycles. The third-order valence-electron chi connectivity index (χ3n) is 2.69. The van der Waals surface area contributed by atoms with Gasteiger partial charge in [0.15, 0.2) is 0 Å². The highest BCUT2D eigenvalue weighted by Crippen LogP contribution is 2.08. The van der Waals surface area contributed by atoms with Crippen LogP contribution in [0.4, 0.5) is 0 Å². The average molecular weight is 259 g/mol. The molecular weight excluding hydrogens is 242 g/mol. The number of hydrogen-bond acceptors (Lipinski definition) is 3. The van der Waals surface area contributed by atoms with E-state index in [1.807, 2.05) is 36.4 Å². The predicted octanol–water partition coefficient (Wildman–Crippen LogP) is 0.621. The molecule has 2 N–H and O–H groups in total. The van der Waals surface area contributed by atoms with E-state index in [0.29, 0.717) is 6.42 Å². The number of nitriles is 1. The van der Waals surface area contributed by atoms with Crippen molar-refractivity contribution in [3.8, 4) is 6.07 Å². The summed E-state index contributed by atoms with van der Waals surface area (Å²) in [4.78, 5) is 22.8. The Hall–Kier alpha value is -2.35. The van der Waals surface area contributed by atoms with Gasteiger partial charge in [0.05, 0.1) is 6.07 Å². The highest BCUT2D eigenvalue weighted by Gasteiger charge is 2.17. The molecule has 0 radical (unpaired) electrons. The van der Waals surface area contributed by atoms with E-state index in [4.69, 9.17) is 5.26 Å². The van der Waals surface area contributed by atoms with E-state index in [2.05, 4.69) is 10.6 Å². The molecule has 0 aliphatic carbocycles. The maximum atomic E-state index is 11.8. The fourth-order valence-electron chi connectivity index (χ4n) is 1.59. The second-order valence-electron chi connectivity index (χ2n) is 4.09. The number of amides is 2. The highest BCUT2D eigenvalue weighted by atomic mass is 16.2. The molecule has 0 spiro atoms. The quantitative estimate of drug-likeness (QED) is 0.785. The van der Waals surface area contributed by atoms with Crippen molar-refractivity contribution in [2.75, 3.05) is 13.6 Å². The number of carbonyl (C=O) groups is 2. The third kappa shape index (κ3) is 5.21. The van der Waals surface area contributed by atoms with Gasteiger partial charge in [0, 0.05) is 20.0 Å². The first-order valence-corrected chi connectivity index (χ1v) is 6.09. The van der Waals surface area contributed by atoms with Crippen molar-refractivity contribution in [1.82, 2.24) is 10.6 Å². The minimum atomic E-state index is -0.730. The van der Waals surface area contributed by atoms with Gasteiger partial charge in [-0.1, -0.05) is 30.3 Å². The van der Waals surface area contributed by atoms with Crippen molar-refractivity contribution >= 4 is 11.8 Å². The van der Waals surface area contributed by atoms with E-state index >= 15 is 0 Å². The number of benzene rings is 1. The van der Waals surface area contributed by atoms with Crippen molar-refractivity contribution in [1.29, 1.82) is 5.26 Å². The highest BCUT2D eigenvalue weighted by molar-refractivity contribution is 5.82. The molecule has 5 nitrogen and oxygen atoms in total. The summed E-state index contributed by atoms with van der Waals surface area (Å²) in [6.45, 7) is 0.242. The Morgan fingerprint density at radius 1 is 1.32 bits per heavy atom. The molecule has 1 unspecified atom stereocenters. The van der Waals surface area contributed by atoms with Crippen LogP contribution in [0.5, 0.6) is 0 Å². The van der Waals surface area contributed by atoms with Crippen LogP contribution < -0.4 is 10.6 Å². The number of nitrogens with one attached hydrogen (secondary N) is 2. The molecule has 0 aliphatic rings. The SMILES string of the molecule is CNC(=O)CCNC(=O)C(C#N)Cc1ccccc1. The standard InChI is InChI=1S/C14H17N3O2/c1-16-13(18)7-8-17-14(19)12(10-15)9-11-5-3-2-4-6-11/h2-6,12H,7-9H2,1H3,(H,16,18)(H,17,19). The first-order valence-electron chi connectivity index (χ1n) is 6.09. The number of nitrogens with zero attached hydrogens (tertiary/aromatic N) is 1. The zero-order valence-electron chi connectivity index (χ0n) is 10.8. The molecule has 0 saturated heterocycles. The second-order valence-corrected chi connectivity index (χ2v) is 4.09. The average Bonchev–Trinajstić information content (AvgIpc) is 2.45. The lowest BCUT2D eigenvalue weighted by atomic mass is 10.00. The first kappa shape index (κ1) is 14.7. The molecular formula is C14H17N3O2. The normalized spacial score (nSPS) is 11.2. The van der Waals surface area contributed by atoms with Gasteiger partial charge in [0.1, 0.15) is 5.92 Å². The van der Waals surface area contributed by atoms with Gasteiger partial charge in [0.2, 0.25) is 11.8 Å². The maximum absolute atomic E-state index is 11.8. The van der Waals surface area contributed by atoms with E-state index in [0.717, 1.165) is 5.56 Å². The Bertz CT molecular complexity index is 465. The van der Waals surface area contributed by atoms with Crippen LogP contribution in [-0.4, -0.2) is 25.4 Å². The molecule has 0 heterocycles. The van der Waals surface area contributed by atoms with E-state index in [-0.39, 0.29) is 24.8 Å². The minimum absolute atomic E-state index is 0.142. The second kappa shape index (κ2) is 7.88. The van der Waals surface area contributed by atoms with Crippen molar-refractivity contribution in [2.24, 2.45) is 5.92 Å². The summed E-state index contributed by atoms with van der Waals surface area (Å²) in [6, 6.07) is 11.4. The summed E-state index contributed by atoms with van der Waals surface area (Å²) in [5.74, 6) is -1.21. The molecule has 0 fully saturated rings. The van der Waals surface area contributed by atoms with Crippen molar-refractivity contribution < 1.29 is 9.59 Å². The molecule has 0 aliphatic heterocycles. The van der Waals surface area contributed by atoms with Gasteiger partial charge in [-0.3, -0.25) is 9.59 Å². The predicted molar refractivity (Wildman–Crippen MR) is 70.9 cm³/mol. The zero-order valence-corrected chi connectivity index (χ0v) is 10.8. The summed E-state index contributed by atoms with van der Waals surface area (Å²) in [5, 5.41) is 14.1. The van der Waals surface area contributed by atoms with Gasteiger partial charge in [-0.2, -0.15) is 5.26 Å². The van der Waals surface area contributed by atoms with Crippen LogP contribution in [0.25, 0.3) is 0 Å². The molecule has 1 aromatic rings. The van der Waals surface area contributed by atoms with Crippen LogP contribution in [0.15, 0.2) is 30.3 Å². The first-order chi connectivity index (χ1) is 9.17. The van der Waals surface area contributed by atoms with Gasteiger partial charge in [-0.25, -0.2) is 0 Å². The number of hydrogen-bond donors (Lipinski definition) is 2. The number of rotatable bonds is 6. The van der Waals surface area contributed by atoms with E-state index in [1.165, 1.54) is 7.05 Å². The Morgan fingerprint density at radius 2 is 2.00 bits per heavy atom. The van der Waals surface area contributed by atoms with Crippen LogP contribution in [0.3, 0.4) is 0 Å². The fourth-order valence-corrected chi connectivity index (χ4v) is 1.59. The monoisotopic (exact) mass is 259 g/mol. The molecule has 5 heteroatoms. The Morgan fingerprint density at radius 3 is 2.58 bits per heavy atom. The Kier molecular flexibility index (Phi) is 6.10. The lowest BCUT2D eigenvalue weighted by Crippen LogP contribution is -2.34. The largest absolute Gasteiger partial charge is 0.359 e. The van der Waals surface area contributed by atoms with Gasteiger partial charge >= 0.3 is 0 Å². The molecule has 0 saturated carbocycles. The summed E-state index contributed by atoms with van der Waals surface area (Å²) < 4.78 is 0. The maximum Gasteiger partial charge on any atom is 0.237 e. The van der Waals surface area contributed by atoms with E-state index < -0.39 is 5.92 Å². The van der Waals surface area contributed by atoms with Crippen LogP contribution in [-0.2, 0) is 16.0 Å². The molecule has 2 amide bonds. The topological polar surface area (TPSA) is 82.0 Å². The molecule has 100 valence electrons. The van der Waals surface area contributed by atoms with Crippen molar-refractivity contribution in [2.45, 2.75) is 12.8 Å². The summed E-state index contributed by atoms with van der Waals surface area (Å²) >= 11 is 0. The van der Waals surface area contributed by atoms with Crippen LogP contribution in [0.1, 0.15) is 12.0 Å². The summed E-state index contributed by atoms with van der Waals surface area (Å²) in [7, 11) is 1.54. The lowest BCUT2D eigenvalue weighted by Gasteiger charge is -2.10. The van der Waals surface area contributed by atoms with E-state index in [9.17, 15) is 9.59 Å². The van der Waals surface area contributed by atoms with Crippen molar-refractivity contribution in [3.63, 3.8) is 0 Å².